The van der Waals surface area contributed by atoms with Crippen molar-refractivity contribution in [1.29, 1.82) is 0 Å². The molecule has 0 radical (unpaired) electrons. The predicted molar refractivity (Wildman–Crippen MR) is 93.5 cm³/mol. The van der Waals surface area contributed by atoms with Crippen LogP contribution < -0.4 is 10.2 Å². The highest BCUT2D eigenvalue weighted by molar-refractivity contribution is 5.70. The van der Waals surface area contributed by atoms with E-state index in [1.54, 1.807) is 0 Å². The molecular formula is C17H21N5O2. The minimum absolute atomic E-state index is 0.0306. The van der Waals surface area contributed by atoms with Crippen molar-refractivity contribution >= 4 is 17.3 Å². The first-order valence-electron chi connectivity index (χ1n) is 8.25. The Bertz CT molecular complexity index is 708. The number of benzene rings is 1. The second kappa shape index (κ2) is 7.25. The molecule has 0 bridgehead atoms. The Hall–Kier alpha value is -2.70. The zero-order chi connectivity index (χ0) is 16.9. The molecule has 0 unspecified atom stereocenters. The molecule has 126 valence electrons. The van der Waals surface area contributed by atoms with Gasteiger partial charge in [-0.2, -0.15) is 0 Å². The van der Waals surface area contributed by atoms with Crippen molar-refractivity contribution in [3.8, 4) is 0 Å². The maximum atomic E-state index is 11.6. The molecule has 1 aliphatic rings. The van der Waals surface area contributed by atoms with Crippen LogP contribution in [0.3, 0.4) is 0 Å². The molecular weight excluding hydrogens is 306 g/mol. The summed E-state index contributed by atoms with van der Waals surface area (Å²) in [6.45, 7) is 4.07. The first-order chi connectivity index (χ1) is 11.7. The Balaban J connectivity index is 1.90. The van der Waals surface area contributed by atoms with Gasteiger partial charge in [0.25, 0.3) is 0 Å². The van der Waals surface area contributed by atoms with Crippen molar-refractivity contribution in [2.45, 2.75) is 26.2 Å². The molecule has 2 heterocycles. The van der Waals surface area contributed by atoms with Gasteiger partial charge in [0.15, 0.2) is 0 Å². The lowest BCUT2D eigenvalue weighted by atomic mass is 10.0. The van der Waals surface area contributed by atoms with Crippen LogP contribution in [-0.4, -0.2) is 34.5 Å². The van der Waals surface area contributed by atoms with Crippen LogP contribution in [0.2, 0.25) is 0 Å². The minimum Gasteiger partial charge on any atom is -0.364 e. The molecule has 0 aliphatic carbocycles. The maximum absolute atomic E-state index is 11.6. The molecule has 7 nitrogen and oxygen atoms in total. The zero-order valence-electron chi connectivity index (χ0n) is 13.7. The Kier molecular flexibility index (Phi) is 4.88. The summed E-state index contributed by atoms with van der Waals surface area (Å²) in [6.07, 6.45) is 3.98. The molecule has 3 rings (SSSR count). The number of fused-ring (bicyclic) bond motifs is 1. The number of rotatable bonds is 5. The summed E-state index contributed by atoms with van der Waals surface area (Å²) >= 11 is 0. The van der Waals surface area contributed by atoms with Crippen LogP contribution in [0.25, 0.3) is 0 Å². The molecule has 24 heavy (non-hydrogen) atoms. The highest BCUT2D eigenvalue weighted by Gasteiger charge is 2.27. The van der Waals surface area contributed by atoms with Crippen molar-refractivity contribution in [1.82, 2.24) is 9.97 Å². The van der Waals surface area contributed by atoms with E-state index < -0.39 is 0 Å². The second-order valence-corrected chi connectivity index (χ2v) is 5.83. The summed E-state index contributed by atoms with van der Waals surface area (Å²) in [5, 5.41) is 14.6. The van der Waals surface area contributed by atoms with Crippen LogP contribution in [0.1, 0.15) is 24.5 Å². The summed E-state index contributed by atoms with van der Waals surface area (Å²) in [5.74, 6) is 0.704. The molecule has 0 saturated heterocycles. The van der Waals surface area contributed by atoms with E-state index in [1.807, 2.05) is 24.0 Å². The van der Waals surface area contributed by atoms with Crippen LogP contribution >= 0.6 is 0 Å². The van der Waals surface area contributed by atoms with E-state index >= 15 is 0 Å². The fourth-order valence-electron chi connectivity index (χ4n) is 3.02. The lowest BCUT2D eigenvalue weighted by Crippen LogP contribution is -2.28. The van der Waals surface area contributed by atoms with Gasteiger partial charge in [0.05, 0.1) is 4.92 Å². The van der Waals surface area contributed by atoms with Crippen molar-refractivity contribution < 1.29 is 4.92 Å². The quantitative estimate of drug-likeness (QED) is 0.671. The van der Waals surface area contributed by atoms with Gasteiger partial charge in [0.1, 0.15) is 6.33 Å². The van der Waals surface area contributed by atoms with E-state index in [1.165, 1.54) is 17.5 Å². The highest BCUT2D eigenvalue weighted by Crippen LogP contribution is 2.32. The van der Waals surface area contributed by atoms with Gasteiger partial charge in [-0.15, -0.1) is 0 Å². The summed E-state index contributed by atoms with van der Waals surface area (Å²) < 4.78 is 0. The van der Waals surface area contributed by atoms with Gasteiger partial charge in [0, 0.05) is 19.6 Å². The molecule has 0 amide bonds. The van der Waals surface area contributed by atoms with Crippen molar-refractivity contribution in [2.75, 3.05) is 29.9 Å². The van der Waals surface area contributed by atoms with Gasteiger partial charge in [-0.1, -0.05) is 31.2 Å². The Morgan fingerprint density at radius 3 is 2.46 bits per heavy atom. The fraction of sp³-hybridized carbons (Fsp3) is 0.412. The fourth-order valence-corrected chi connectivity index (χ4v) is 3.02. The van der Waals surface area contributed by atoms with Crippen LogP contribution in [0.4, 0.5) is 17.3 Å². The number of nitrogens with one attached hydrogen (secondary N) is 1. The molecule has 1 aliphatic heterocycles. The molecule has 1 aromatic heterocycles. The van der Waals surface area contributed by atoms with Gasteiger partial charge in [-0.25, -0.2) is 9.97 Å². The number of hydrogen-bond donors (Lipinski definition) is 1. The Labute approximate surface area is 140 Å². The number of aromatic nitrogens is 2. The largest absolute Gasteiger partial charge is 0.364 e. The molecule has 7 heteroatoms. The number of nitrogens with zero attached hydrogens (tertiary/aromatic N) is 4. The molecule has 1 N–H and O–H groups in total. The van der Waals surface area contributed by atoms with E-state index in [0.29, 0.717) is 31.3 Å². The number of hydrogen-bond acceptors (Lipinski definition) is 6. The molecule has 0 spiro atoms. The van der Waals surface area contributed by atoms with Crippen LogP contribution in [-0.2, 0) is 12.8 Å². The zero-order valence-corrected chi connectivity index (χ0v) is 13.7. The van der Waals surface area contributed by atoms with Crippen molar-refractivity contribution in [3.05, 3.63) is 51.8 Å². The first-order valence-corrected chi connectivity index (χ1v) is 8.25. The molecule has 2 aromatic rings. The minimum atomic E-state index is -0.384. The summed E-state index contributed by atoms with van der Waals surface area (Å²) in [4.78, 5) is 21.5. The standard InChI is InChI=1S/C17H21N5O2/c1-2-9-18-16-15(22(23)24)17(20-12-19-16)21-10-7-13-5-3-4-6-14(13)8-11-21/h3-6,12H,2,7-11H2,1H3,(H,18,19,20). The van der Waals surface area contributed by atoms with Crippen LogP contribution in [0.15, 0.2) is 30.6 Å². The van der Waals surface area contributed by atoms with E-state index in [0.717, 1.165) is 19.3 Å². The van der Waals surface area contributed by atoms with E-state index in [2.05, 4.69) is 27.4 Å². The smallest absolute Gasteiger partial charge is 0.353 e. The van der Waals surface area contributed by atoms with Crippen LogP contribution in [0, 0.1) is 10.1 Å². The lowest BCUT2D eigenvalue weighted by Gasteiger charge is -2.21. The van der Waals surface area contributed by atoms with Gasteiger partial charge in [-0.3, -0.25) is 10.1 Å². The number of anilines is 2. The average Bonchev–Trinajstić information content (AvgIpc) is 2.82. The van der Waals surface area contributed by atoms with Gasteiger partial charge in [-0.05, 0) is 30.4 Å². The summed E-state index contributed by atoms with van der Waals surface area (Å²) in [5.41, 5.74) is 2.58. The van der Waals surface area contributed by atoms with Crippen molar-refractivity contribution in [3.63, 3.8) is 0 Å². The lowest BCUT2D eigenvalue weighted by molar-refractivity contribution is -0.383. The molecule has 0 atom stereocenters. The Morgan fingerprint density at radius 1 is 1.21 bits per heavy atom. The van der Waals surface area contributed by atoms with Gasteiger partial charge >= 0.3 is 5.69 Å². The third-order valence-electron chi connectivity index (χ3n) is 4.25. The summed E-state index contributed by atoms with van der Waals surface area (Å²) in [6, 6.07) is 8.33. The third-order valence-corrected chi connectivity index (χ3v) is 4.25. The van der Waals surface area contributed by atoms with Crippen molar-refractivity contribution in [2.24, 2.45) is 0 Å². The van der Waals surface area contributed by atoms with Crippen LogP contribution in [0.5, 0.6) is 0 Å². The first kappa shape index (κ1) is 16.2. The third kappa shape index (κ3) is 3.29. The monoisotopic (exact) mass is 327 g/mol. The maximum Gasteiger partial charge on any atom is 0.353 e. The highest BCUT2D eigenvalue weighted by atomic mass is 16.6. The topological polar surface area (TPSA) is 84.2 Å². The second-order valence-electron chi connectivity index (χ2n) is 5.83. The van der Waals surface area contributed by atoms with E-state index in [-0.39, 0.29) is 10.6 Å². The normalized spacial score (nSPS) is 14.0. The number of nitro groups is 1. The molecule has 1 aromatic carbocycles. The van der Waals surface area contributed by atoms with E-state index in [9.17, 15) is 10.1 Å². The van der Waals surface area contributed by atoms with Gasteiger partial charge in [0.2, 0.25) is 11.6 Å². The SMILES string of the molecule is CCCNc1ncnc(N2CCc3ccccc3CC2)c1[N+](=O)[O-]. The molecule has 0 saturated carbocycles. The molecule has 0 fully saturated rings. The Morgan fingerprint density at radius 2 is 1.88 bits per heavy atom. The summed E-state index contributed by atoms with van der Waals surface area (Å²) in [7, 11) is 0. The van der Waals surface area contributed by atoms with Gasteiger partial charge < -0.3 is 10.2 Å². The average molecular weight is 327 g/mol. The predicted octanol–water partition coefficient (Wildman–Crippen LogP) is 2.81. The van der Waals surface area contributed by atoms with E-state index in [4.69, 9.17) is 0 Å².